The molecule has 8 rings (SSSR count). The van der Waals surface area contributed by atoms with Crippen LogP contribution in [0.5, 0.6) is 0 Å². The quantitative estimate of drug-likeness (QED) is 0.191. The molecule has 0 aliphatic rings. The summed E-state index contributed by atoms with van der Waals surface area (Å²) in [6.07, 6.45) is 0. The largest absolute Gasteiger partial charge is 0.455 e. The van der Waals surface area contributed by atoms with Gasteiger partial charge in [0.2, 0.25) is 0 Å². The molecule has 0 bridgehead atoms. The Labute approximate surface area is 260 Å². The van der Waals surface area contributed by atoms with E-state index in [-0.39, 0.29) is 0 Å². The van der Waals surface area contributed by atoms with Crippen LogP contribution in [-0.2, 0) is 0 Å². The van der Waals surface area contributed by atoms with Crippen molar-refractivity contribution >= 4 is 27.6 Å². The first-order chi connectivity index (χ1) is 22.2. The highest BCUT2D eigenvalue weighted by molar-refractivity contribution is 6.11. The molecule has 2 aromatic heterocycles. The van der Waals surface area contributed by atoms with E-state index in [0.717, 1.165) is 60.9 Å². The van der Waals surface area contributed by atoms with Crippen LogP contribution < -0.4 is 0 Å². The lowest BCUT2D eigenvalue weighted by Gasteiger charge is -2.10. The van der Waals surface area contributed by atoms with Gasteiger partial charge in [-0.05, 0) is 34.9 Å². The van der Waals surface area contributed by atoms with E-state index < -0.39 is 0 Å². The van der Waals surface area contributed by atoms with Gasteiger partial charge in [-0.25, -0.2) is 19.8 Å². The smallest absolute Gasteiger partial charge is 0.187 e. The zero-order chi connectivity index (χ0) is 30.2. The zero-order valence-corrected chi connectivity index (χ0v) is 24.1. The molecule has 0 aliphatic carbocycles. The van der Waals surface area contributed by atoms with Gasteiger partial charge in [-0.2, -0.15) is 0 Å². The van der Waals surface area contributed by atoms with Crippen LogP contribution in [0, 0.1) is 6.57 Å². The van der Waals surface area contributed by atoms with Gasteiger partial charge >= 0.3 is 0 Å². The van der Waals surface area contributed by atoms with E-state index in [1.54, 1.807) is 0 Å². The zero-order valence-electron chi connectivity index (χ0n) is 24.1. The summed E-state index contributed by atoms with van der Waals surface area (Å²) in [7, 11) is 0. The number of fused-ring (bicyclic) bond motifs is 3. The van der Waals surface area contributed by atoms with Crippen molar-refractivity contribution < 1.29 is 4.42 Å². The topological polar surface area (TPSA) is 56.2 Å². The van der Waals surface area contributed by atoms with Crippen molar-refractivity contribution in [2.75, 3.05) is 0 Å². The average Bonchev–Trinajstić information content (AvgIpc) is 3.51. The first-order valence-corrected chi connectivity index (χ1v) is 14.6. The molecule has 0 spiro atoms. The van der Waals surface area contributed by atoms with Crippen LogP contribution in [0.2, 0.25) is 0 Å². The van der Waals surface area contributed by atoms with Crippen LogP contribution in [0.4, 0.5) is 5.69 Å². The summed E-state index contributed by atoms with van der Waals surface area (Å²) < 4.78 is 6.37. The van der Waals surface area contributed by atoms with Gasteiger partial charge < -0.3 is 4.42 Å². The molecule has 5 nitrogen and oxygen atoms in total. The molecule has 45 heavy (non-hydrogen) atoms. The third kappa shape index (κ3) is 4.91. The molecule has 0 saturated heterocycles. The lowest BCUT2D eigenvalue weighted by molar-refractivity contribution is 0.670. The second-order valence-electron chi connectivity index (χ2n) is 10.8. The first-order valence-electron chi connectivity index (χ1n) is 14.6. The van der Waals surface area contributed by atoms with Crippen molar-refractivity contribution in [3.8, 4) is 56.4 Å². The van der Waals surface area contributed by atoms with Crippen LogP contribution in [-0.4, -0.2) is 15.0 Å². The molecule has 0 saturated carbocycles. The van der Waals surface area contributed by atoms with Gasteiger partial charge in [-0.3, -0.25) is 0 Å². The first kappa shape index (κ1) is 26.3. The Bertz CT molecular complexity index is 2300. The molecule has 8 aromatic rings. The Kier molecular flexibility index (Phi) is 6.44. The molecule has 0 fully saturated rings. The minimum Gasteiger partial charge on any atom is -0.455 e. The van der Waals surface area contributed by atoms with E-state index >= 15 is 0 Å². The second-order valence-corrected chi connectivity index (χ2v) is 10.8. The Morgan fingerprint density at radius 1 is 0.444 bits per heavy atom. The number of aromatic nitrogens is 3. The van der Waals surface area contributed by atoms with Gasteiger partial charge in [-0.1, -0.05) is 127 Å². The van der Waals surface area contributed by atoms with E-state index in [1.807, 2.05) is 103 Å². The molecule has 0 aliphatic heterocycles. The minimum absolute atomic E-state index is 0.607. The number of furan rings is 1. The number of para-hydroxylation sites is 1. The molecule has 0 atom stereocenters. The Hall–Kier alpha value is -6.38. The minimum atomic E-state index is 0.607. The Morgan fingerprint density at radius 3 is 1.56 bits per heavy atom. The maximum absolute atomic E-state index is 7.35. The lowest BCUT2D eigenvalue weighted by atomic mass is 9.95. The van der Waals surface area contributed by atoms with Gasteiger partial charge in [0.15, 0.2) is 23.2 Å². The fourth-order valence-corrected chi connectivity index (χ4v) is 5.67. The maximum atomic E-state index is 7.35. The summed E-state index contributed by atoms with van der Waals surface area (Å²) >= 11 is 0. The summed E-state index contributed by atoms with van der Waals surface area (Å²) in [5.41, 5.74) is 9.17. The number of hydrogen-bond acceptors (Lipinski definition) is 4. The average molecular weight is 577 g/mol. The predicted molar refractivity (Wildman–Crippen MR) is 181 cm³/mol. The maximum Gasteiger partial charge on any atom is 0.187 e. The van der Waals surface area contributed by atoms with Gasteiger partial charge in [0, 0.05) is 33.0 Å². The summed E-state index contributed by atoms with van der Waals surface area (Å²) in [6, 6.07) is 48.5. The molecule has 0 amide bonds. The molecule has 5 heteroatoms. The van der Waals surface area contributed by atoms with Gasteiger partial charge in [-0.15, -0.1) is 0 Å². The Morgan fingerprint density at radius 2 is 0.956 bits per heavy atom. The summed E-state index contributed by atoms with van der Waals surface area (Å²) in [6.45, 7) is 7.35. The van der Waals surface area contributed by atoms with Crippen molar-refractivity contribution in [2.45, 2.75) is 0 Å². The second kappa shape index (κ2) is 11.0. The lowest BCUT2D eigenvalue weighted by Crippen LogP contribution is -2.00. The molecular weight excluding hydrogens is 552 g/mol. The highest BCUT2D eigenvalue weighted by Gasteiger charge is 2.16. The fourth-order valence-electron chi connectivity index (χ4n) is 5.67. The fraction of sp³-hybridized carbons (Fsp3) is 0. The number of hydrogen-bond donors (Lipinski definition) is 0. The normalized spacial score (nSPS) is 11.1. The van der Waals surface area contributed by atoms with Gasteiger partial charge in [0.1, 0.15) is 11.2 Å². The van der Waals surface area contributed by atoms with Crippen molar-refractivity contribution in [2.24, 2.45) is 0 Å². The predicted octanol–water partition coefficient (Wildman–Crippen LogP) is 10.7. The van der Waals surface area contributed by atoms with Gasteiger partial charge in [0.05, 0.1) is 6.57 Å². The van der Waals surface area contributed by atoms with Crippen LogP contribution in [0.25, 0.3) is 83.2 Å². The molecule has 0 N–H and O–H groups in total. The van der Waals surface area contributed by atoms with E-state index in [2.05, 4.69) is 47.3 Å². The molecule has 6 aromatic carbocycles. The van der Waals surface area contributed by atoms with Crippen molar-refractivity contribution in [1.82, 2.24) is 15.0 Å². The van der Waals surface area contributed by atoms with Crippen molar-refractivity contribution in [1.29, 1.82) is 0 Å². The molecule has 210 valence electrons. The van der Waals surface area contributed by atoms with E-state index in [9.17, 15) is 0 Å². The van der Waals surface area contributed by atoms with E-state index in [4.69, 9.17) is 25.9 Å². The van der Waals surface area contributed by atoms with Crippen LogP contribution in [0.3, 0.4) is 0 Å². The molecular formula is C40H24N4O. The molecule has 2 heterocycles. The number of rotatable bonds is 5. The van der Waals surface area contributed by atoms with Crippen molar-refractivity contribution in [3.63, 3.8) is 0 Å². The number of nitrogens with zero attached hydrogens (tertiary/aromatic N) is 4. The summed E-state index contributed by atoms with van der Waals surface area (Å²) in [4.78, 5) is 18.1. The van der Waals surface area contributed by atoms with Crippen LogP contribution in [0.1, 0.15) is 0 Å². The highest BCUT2D eigenvalue weighted by atomic mass is 16.3. The van der Waals surface area contributed by atoms with Crippen LogP contribution >= 0.6 is 0 Å². The van der Waals surface area contributed by atoms with E-state index in [1.165, 1.54) is 0 Å². The number of benzene rings is 6. The monoisotopic (exact) mass is 576 g/mol. The van der Waals surface area contributed by atoms with Crippen LogP contribution in [0.15, 0.2) is 150 Å². The third-order valence-electron chi connectivity index (χ3n) is 7.96. The standard InChI is InChI=1S/C40H24N4O/c1-41-32-22-20-27(21-23-32)34-24-31(25-35-33-14-8-9-15-36(33)45-37(34)35)26-16-18-30(19-17-26)40-43-38(28-10-4-2-5-11-28)42-39(44-40)29-12-6-3-7-13-29/h2-25H. The Balaban J connectivity index is 1.25. The van der Waals surface area contributed by atoms with E-state index in [0.29, 0.717) is 23.2 Å². The molecule has 0 radical (unpaired) electrons. The SMILES string of the molecule is [C-]#[N+]c1ccc(-c2cc(-c3ccc(-c4nc(-c5ccccc5)nc(-c5ccccc5)n4)cc3)cc3c2oc2ccccc23)cc1. The van der Waals surface area contributed by atoms with Crippen molar-refractivity contribution in [3.05, 3.63) is 157 Å². The third-order valence-corrected chi connectivity index (χ3v) is 7.96. The summed E-state index contributed by atoms with van der Waals surface area (Å²) in [5.74, 6) is 1.88. The highest BCUT2D eigenvalue weighted by Crippen LogP contribution is 2.40. The summed E-state index contributed by atoms with van der Waals surface area (Å²) in [5, 5.41) is 2.12. The van der Waals surface area contributed by atoms with Gasteiger partial charge in [0.25, 0.3) is 0 Å². The molecule has 0 unspecified atom stereocenters.